The van der Waals surface area contributed by atoms with Gasteiger partial charge < -0.3 is 5.11 Å². The Morgan fingerprint density at radius 3 is 3.05 bits per heavy atom. The number of carboxylic acids is 1. The minimum atomic E-state index is -3.93. The minimum absolute atomic E-state index is 0.324. The van der Waals surface area contributed by atoms with Gasteiger partial charge in [0.2, 0.25) is 0 Å². The van der Waals surface area contributed by atoms with E-state index >= 15 is 0 Å². The van der Waals surface area contributed by atoms with E-state index in [-0.39, 0.29) is 16.6 Å². The highest BCUT2D eigenvalue weighted by molar-refractivity contribution is 7.89. The molecule has 3 rings (SSSR count). The normalized spacial score (nSPS) is 19.4. The Bertz CT molecular complexity index is 793. The summed E-state index contributed by atoms with van der Waals surface area (Å²) in [6.45, 7) is 2.13. The molecule has 0 aromatic carbocycles. The van der Waals surface area contributed by atoms with Crippen molar-refractivity contribution in [3.05, 3.63) is 33.6 Å². The molecule has 2 N–H and O–H groups in total. The molecule has 0 amide bonds. The molecule has 0 bridgehead atoms. The van der Waals surface area contributed by atoms with Gasteiger partial charge in [0.1, 0.15) is 5.56 Å². The first-order valence-corrected chi connectivity index (χ1v) is 8.59. The molecule has 0 spiro atoms. The molecule has 1 aliphatic rings. The maximum absolute atomic E-state index is 12.7. The summed E-state index contributed by atoms with van der Waals surface area (Å²) in [7, 11) is -3.93. The van der Waals surface area contributed by atoms with Gasteiger partial charge in [-0.2, -0.15) is 9.40 Å². The molecular formula is C12H13N3O4S2. The van der Waals surface area contributed by atoms with Crippen molar-refractivity contribution in [2.24, 2.45) is 0 Å². The van der Waals surface area contributed by atoms with Crippen LogP contribution in [-0.4, -0.2) is 40.5 Å². The predicted molar refractivity (Wildman–Crippen MR) is 75.9 cm³/mol. The number of carbonyl (C=O) groups is 1. The third kappa shape index (κ3) is 2.17. The van der Waals surface area contributed by atoms with Crippen LogP contribution in [0.5, 0.6) is 0 Å². The Kier molecular flexibility index (Phi) is 3.34. The van der Waals surface area contributed by atoms with Crippen molar-refractivity contribution in [2.75, 3.05) is 6.54 Å². The van der Waals surface area contributed by atoms with E-state index < -0.39 is 16.0 Å². The second-order valence-electron chi connectivity index (χ2n) is 4.76. The second kappa shape index (κ2) is 4.93. The van der Waals surface area contributed by atoms with Crippen LogP contribution in [0.1, 0.15) is 33.8 Å². The van der Waals surface area contributed by atoms with Crippen LogP contribution in [0.2, 0.25) is 0 Å². The minimum Gasteiger partial charge on any atom is -0.478 e. The maximum atomic E-state index is 12.7. The highest BCUT2D eigenvalue weighted by atomic mass is 32.2. The summed E-state index contributed by atoms with van der Waals surface area (Å²) < 4.78 is 26.7. The van der Waals surface area contributed by atoms with Crippen molar-refractivity contribution in [1.29, 1.82) is 0 Å². The lowest BCUT2D eigenvalue weighted by molar-refractivity contribution is 0.0692. The zero-order valence-corrected chi connectivity index (χ0v) is 12.7. The van der Waals surface area contributed by atoms with Crippen LogP contribution in [0.3, 0.4) is 0 Å². The fourth-order valence-electron chi connectivity index (χ4n) is 2.56. The monoisotopic (exact) mass is 327 g/mol. The summed E-state index contributed by atoms with van der Waals surface area (Å²) in [5.41, 5.74) is 0.643. The van der Waals surface area contributed by atoms with Gasteiger partial charge in [0, 0.05) is 17.5 Å². The number of hydrogen-bond acceptors (Lipinski definition) is 5. The van der Waals surface area contributed by atoms with Crippen LogP contribution in [0.25, 0.3) is 0 Å². The fourth-order valence-corrected chi connectivity index (χ4v) is 5.20. The average Bonchev–Trinajstić information content (AvgIpc) is 3.08. The SMILES string of the molecule is CC1c2ccsc2CCN1S(=O)(=O)c1[nH]ncc1C(=O)O. The summed E-state index contributed by atoms with van der Waals surface area (Å²) in [4.78, 5) is 12.3. The summed E-state index contributed by atoms with van der Waals surface area (Å²) in [6.07, 6.45) is 1.65. The van der Waals surface area contributed by atoms with Crippen LogP contribution < -0.4 is 0 Å². The number of thiophene rings is 1. The molecule has 0 aliphatic carbocycles. The molecule has 0 radical (unpaired) electrons. The van der Waals surface area contributed by atoms with E-state index in [0.29, 0.717) is 13.0 Å². The first-order valence-electron chi connectivity index (χ1n) is 6.27. The Labute approximate surface area is 125 Å². The predicted octanol–water partition coefficient (Wildman–Crippen LogP) is 1.48. The quantitative estimate of drug-likeness (QED) is 0.888. The number of sulfonamides is 1. The fraction of sp³-hybridized carbons (Fsp3) is 0.333. The van der Waals surface area contributed by atoms with Crippen molar-refractivity contribution in [1.82, 2.24) is 14.5 Å². The Balaban J connectivity index is 2.04. The molecule has 9 heteroatoms. The average molecular weight is 327 g/mol. The second-order valence-corrected chi connectivity index (χ2v) is 7.59. The van der Waals surface area contributed by atoms with Gasteiger partial charge in [-0.1, -0.05) is 0 Å². The van der Waals surface area contributed by atoms with Crippen LogP contribution in [0, 0.1) is 0 Å². The molecule has 0 fully saturated rings. The summed E-state index contributed by atoms with van der Waals surface area (Å²) in [6, 6.07) is 1.59. The van der Waals surface area contributed by atoms with E-state index in [9.17, 15) is 13.2 Å². The number of nitrogens with one attached hydrogen (secondary N) is 1. The van der Waals surface area contributed by atoms with Crippen LogP contribution in [0.4, 0.5) is 0 Å². The smallest absolute Gasteiger partial charge is 0.340 e. The van der Waals surface area contributed by atoms with Gasteiger partial charge in [0.05, 0.1) is 6.20 Å². The zero-order valence-electron chi connectivity index (χ0n) is 11.1. The maximum Gasteiger partial charge on any atom is 0.340 e. The summed E-state index contributed by atoms with van der Waals surface area (Å²) in [5.74, 6) is -1.32. The Morgan fingerprint density at radius 1 is 1.57 bits per heavy atom. The molecule has 21 heavy (non-hydrogen) atoms. The van der Waals surface area contributed by atoms with Gasteiger partial charge in [-0.3, -0.25) is 5.10 Å². The highest BCUT2D eigenvalue weighted by Gasteiger charge is 2.37. The standard InChI is InChI=1S/C12H13N3O4S2/c1-7-8-3-5-20-10(8)2-4-15(7)21(18,19)11-9(12(16)17)6-13-14-11/h3,5-7H,2,4H2,1H3,(H,13,14)(H,16,17). The lowest BCUT2D eigenvalue weighted by Gasteiger charge is -2.32. The third-order valence-corrected chi connectivity index (χ3v) is 6.56. The zero-order chi connectivity index (χ0) is 15.2. The number of rotatable bonds is 3. The molecule has 3 heterocycles. The van der Waals surface area contributed by atoms with E-state index in [4.69, 9.17) is 5.11 Å². The van der Waals surface area contributed by atoms with Crippen molar-refractivity contribution in [3.8, 4) is 0 Å². The van der Waals surface area contributed by atoms with Gasteiger partial charge in [-0.05, 0) is 30.4 Å². The lowest BCUT2D eigenvalue weighted by Crippen LogP contribution is -2.38. The molecule has 1 atom stereocenters. The van der Waals surface area contributed by atoms with Gasteiger partial charge in [-0.15, -0.1) is 11.3 Å². The number of hydrogen-bond donors (Lipinski definition) is 2. The largest absolute Gasteiger partial charge is 0.478 e. The van der Waals surface area contributed by atoms with Crippen molar-refractivity contribution < 1.29 is 18.3 Å². The van der Waals surface area contributed by atoms with Gasteiger partial charge in [0.25, 0.3) is 10.0 Å². The van der Waals surface area contributed by atoms with E-state index in [1.165, 1.54) is 9.18 Å². The van der Waals surface area contributed by atoms with Crippen molar-refractivity contribution in [2.45, 2.75) is 24.4 Å². The number of H-pyrrole nitrogens is 1. The topological polar surface area (TPSA) is 103 Å². The Hall–Kier alpha value is -1.71. The molecule has 1 aliphatic heterocycles. The van der Waals surface area contributed by atoms with Gasteiger partial charge in [-0.25, -0.2) is 13.2 Å². The van der Waals surface area contributed by atoms with Gasteiger partial charge >= 0.3 is 5.97 Å². The summed E-state index contributed by atoms with van der Waals surface area (Å²) >= 11 is 1.61. The van der Waals surface area contributed by atoms with Crippen LogP contribution in [-0.2, 0) is 16.4 Å². The molecule has 112 valence electrons. The van der Waals surface area contributed by atoms with E-state index in [2.05, 4.69) is 10.2 Å². The first-order chi connectivity index (χ1) is 9.93. The van der Waals surface area contributed by atoms with Gasteiger partial charge in [0.15, 0.2) is 5.03 Å². The molecule has 7 nitrogen and oxygen atoms in total. The van der Waals surface area contributed by atoms with E-state index in [1.54, 1.807) is 18.3 Å². The number of nitrogens with zero attached hydrogens (tertiary/aromatic N) is 2. The van der Waals surface area contributed by atoms with Crippen LogP contribution >= 0.6 is 11.3 Å². The van der Waals surface area contributed by atoms with E-state index in [1.807, 2.05) is 11.4 Å². The summed E-state index contributed by atoms with van der Waals surface area (Å²) in [5, 5.41) is 16.5. The molecule has 1 unspecified atom stereocenters. The Morgan fingerprint density at radius 2 is 2.33 bits per heavy atom. The molecule has 0 saturated heterocycles. The first kappa shape index (κ1) is 14.2. The van der Waals surface area contributed by atoms with E-state index in [0.717, 1.165) is 11.8 Å². The number of carboxylic acid groups (broad SMARTS) is 1. The molecule has 2 aromatic rings. The number of aromatic carboxylic acids is 1. The number of aromatic amines is 1. The number of aromatic nitrogens is 2. The van der Waals surface area contributed by atoms with Crippen molar-refractivity contribution >= 4 is 27.3 Å². The third-order valence-electron chi connectivity index (χ3n) is 3.62. The molecule has 2 aromatic heterocycles. The molecule has 0 saturated carbocycles. The highest BCUT2D eigenvalue weighted by Crippen LogP contribution is 2.36. The number of fused-ring (bicyclic) bond motifs is 1. The molecular weight excluding hydrogens is 314 g/mol. The van der Waals surface area contributed by atoms with Crippen LogP contribution in [0.15, 0.2) is 22.7 Å². The lowest BCUT2D eigenvalue weighted by atomic mass is 10.0. The van der Waals surface area contributed by atoms with Crippen molar-refractivity contribution in [3.63, 3.8) is 0 Å².